The second-order valence-electron chi connectivity index (χ2n) is 5.38. The van der Waals surface area contributed by atoms with Crippen LogP contribution in [-0.2, 0) is 9.84 Å². The fourth-order valence-electron chi connectivity index (χ4n) is 2.30. The topological polar surface area (TPSA) is 34.1 Å². The molecule has 0 radical (unpaired) electrons. The monoisotopic (exact) mass is 354 g/mol. The lowest BCUT2D eigenvalue weighted by Gasteiger charge is -2.19. The summed E-state index contributed by atoms with van der Waals surface area (Å²) in [5, 5.41) is -2.47. The zero-order chi connectivity index (χ0) is 17.8. The number of benzene rings is 2. The number of sulfone groups is 1. The molecule has 0 bridgehead atoms. The van der Waals surface area contributed by atoms with Crippen molar-refractivity contribution in [2.45, 2.75) is 29.7 Å². The second kappa shape index (κ2) is 7.21. The Morgan fingerprint density at radius 2 is 1.58 bits per heavy atom. The largest absolute Gasteiger partial charge is 0.406 e. The fourth-order valence-corrected chi connectivity index (χ4v) is 3.88. The summed E-state index contributed by atoms with van der Waals surface area (Å²) >= 11 is 0. The Morgan fingerprint density at radius 1 is 1.00 bits per heavy atom. The SMILES string of the molecule is Cc1ccccc1/C=C/CC(C(F)(F)F)S(=O)(=O)c1ccccc1. The van der Waals surface area contributed by atoms with E-state index < -0.39 is 27.7 Å². The smallest absolute Gasteiger partial charge is 0.223 e. The molecule has 0 aliphatic carbocycles. The Labute approximate surface area is 139 Å². The second-order valence-corrected chi connectivity index (χ2v) is 7.51. The Balaban J connectivity index is 2.29. The molecule has 2 aromatic rings. The highest BCUT2D eigenvalue weighted by molar-refractivity contribution is 7.92. The van der Waals surface area contributed by atoms with Crippen molar-refractivity contribution in [2.24, 2.45) is 0 Å². The van der Waals surface area contributed by atoms with E-state index in [0.717, 1.165) is 11.1 Å². The van der Waals surface area contributed by atoms with Gasteiger partial charge in [0.15, 0.2) is 15.1 Å². The molecule has 0 spiro atoms. The predicted octanol–water partition coefficient (Wildman–Crippen LogP) is 4.80. The molecule has 0 fully saturated rings. The predicted molar refractivity (Wildman–Crippen MR) is 88.3 cm³/mol. The van der Waals surface area contributed by atoms with Crippen molar-refractivity contribution in [1.82, 2.24) is 0 Å². The Hall–Kier alpha value is -2.08. The zero-order valence-corrected chi connectivity index (χ0v) is 13.8. The van der Waals surface area contributed by atoms with Crippen molar-refractivity contribution in [2.75, 3.05) is 0 Å². The molecule has 1 atom stereocenters. The van der Waals surface area contributed by atoms with Gasteiger partial charge in [0.2, 0.25) is 0 Å². The van der Waals surface area contributed by atoms with Gasteiger partial charge in [0, 0.05) is 0 Å². The molecule has 2 nitrogen and oxygen atoms in total. The number of aryl methyl sites for hydroxylation is 1. The number of alkyl halides is 3. The van der Waals surface area contributed by atoms with Crippen molar-refractivity contribution in [3.05, 3.63) is 71.8 Å². The molecule has 0 heterocycles. The first kappa shape index (κ1) is 18.3. The molecule has 0 saturated heterocycles. The normalized spacial score (nSPS) is 14.0. The average Bonchev–Trinajstić information content (AvgIpc) is 2.52. The van der Waals surface area contributed by atoms with Gasteiger partial charge in [0.25, 0.3) is 0 Å². The number of halogens is 3. The van der Waals surface area contributed by atoms with E-state index >= 15 is 0 Å². The maximum Gasteiger partial charge on any atom is 0.406 e. The van der Waals surface area contributed by atoms with Crippen LogP contribution in [0.25, 0.3) is 6.08 Å². The van der Waals surface area contributed by atoms with Crippen molar-refractivity contribution in [3.63, 3.8) is 0 Å². The summed E-state index contributed by atoms with van der Waals surface area (Å²) in [5.41, 5.74) is 1.67. The van der Waals surface area contributed by atoms with Crippen LogP contribution in [0.15, 0.2) is 65.6 Å². The van der Waals surface area contributed by atoms with E-state index in [4.69, 9.17) is 0 Å². The Bertz CT molecular complexity index is 810. The van der Waals surface area contributed by atoms with Crippen LogP contribution < -0.4 is 0 Å². The Kier molecular flexibility index (Phi) is 5.49. The molecular weight excluding hydrogens is 337 g/mol. The molecular formula is C18H17F3O2S. The van der Waals surface area contributed by atoms with E-state index in [0.29, 0.717) is 0 Å². The van der Waals surface area contributed by atoms with Crippen molar-refractivity contribution < 1.29 is 21.6 Å². The zero-order valence-electron chi connectivity index (χ0n) is 13.0. The van der Waals surface area contributed by atoms with E-state index in [2.05, 4.69) is 0 Å². The third-order valence-corrected chi connectivity index (χ3v) is 5.79. The minimum Gasteiger partial charge on any atom is -0.223 e. The highest BCUT2D eigenvalue weighted by atomic mass is 32.2. The van der Waals surface area contributed by atoms with Gasteiger partial charge in [0.1, 0.15) is 0 Å². The quantitative estimate of drug-likeness (QED) is 0.773. The summed E-state index contributed by atoms with van der Waals surface area (Å²) in [5.74, 6) is 0. The van der Waals surface area contributed by atoms with Gasteiger partial charge in [-0.15, -0.1) is 0 Å². The summed E-state index contributed by atoms with van der Waals surface area (Å²) in [4.78, 5) is -0.323. The van der Waals surface area contributed by atoms with E-state index in [-0.39, 0.29) is 4.90 Å². The van der Waals surface area contributed by atoms with E-state index in [1.807, 2.05) is 19.1 Å². The van der Waals surface area contributed by atoms with Crippen LogP contribution in [0.5, 0.6) is 0 Å². The van der Waals surface area contributed by atoms with Gasteiger partial charge in [-0.25, -0.2) is 8.42 Å². The van der Waals surface area contributed by atoms with Crippen LogP contribution in [0.2, 0.25) is 0 Å². The lowest BCUT2D eigenvalue weighted by Crippen LogP contribution is -2.36. The molecule has 6 heteroatoms. The van der Waals surface area contributed by atoms with Crippen LogP contribution in [0, 0.1) is 6.92 Å². The maximum atomic E-state index is 13.3. The lowest BCUT2D eigenvalue weighted by molar-refractivity contribution is -0.129. The molecule has 128 valence electrons. The average molecular weight is 354 g/mol. The van der Waals surface area contributed by atoms with E-state index in [9.17, 15) is 21.6 Å². The first-order chi connectivity index (χ1) is 11.2. The number of rotatable bonds is 5. The molecule has 0 aliphatic rings. The van der Waals surface area contributed by atoms with Crippen molar-refractivity contribution in [1.29, 1.82) is 0 Å². The van der Waals surface area contributed by atoms with Crippen LogP contribution in [0.3, 0.4) is 0 Å². The van der Waals surface area contributed by atoms with Gasteiger partial charge >= 0.3 is 6.18 Å². The molecule has 24 heavy (non-hydrogen) atoms. The third-order valence-electron chi connectivity index (χ3n) is 3.65. The maximum absolute atomic E-state index is 13.3. The summed E-state index contributed by atoms with van der Waals surface area (Å²) < 4.78 is 64.5. The highest BCUT2D eigenvalue weighted by Crippen LogP contribution is 2.33. The minimum absolute atomic E-state index is 0.323. The molecule has 2 aromatic carbocycles. The van der Waals surface area contributed by atoms with Crippen molar-refractivity contribution in [3.8, 4) is 0 Å². The van der Waals surface area contributed by atoms with Gasteiger partial charge in [-0.1, -0.05) is 54.6 Å². The summed E-state index contributed by atoms with van der Waals surface area (Å²) in [7, 11) is -4.50. The van der Waals surface area contributed by atoms with E-state index in [1.165, 1.54) is 36.4 Å². The highest BCUT2D eigenvalue weighted by Gasteiger charge is 2.48. The standard InChI is InChI=1S/C18H17F3O2S/c1-14-8-5-6-9-15(14)10-7-13-17(18(19,20)21)24(22,23)16-11-3-2-4-12-16/h2-12,17H,13H2,1H3/b10-7+. The lowest BCUT2D eigenvalue weighted by atomic mass is 10.1. The molecule has 2 rings (SSSR count). The molecule has 1 unspecified atom stereocenters. The number of hydrogen-bond donors (Lipinski definition) is 0. The summed E-state index contributed by atoms with van der Waals surface area (Å²) in [6.45, 7) is 1.83. The van der Waals surface area contributed by atoms with Crippen LogP contribution >= 0.6 is 0 Å². The summed E-state index contributed by atoms with van der Waals surface area (Å²) in [6.07, 6.45) is -2.69. The van der Waals surface area contributed by atoms with Crippen molar-refractivity contribution >= 4 is 15.9 Å². The fraction of sp³-hybridized carbons (Fsp3) is 0.222. The molecule has 0 amide bonds. The molecule has 0 aromatic heterocycles. The summed E-state index contributed by atoms with van der Waals surface area (Å²) in [6, 6.07) is 13.9. The Morgan fingerprint density at radius 3 is 2.17 bits per heavy atom. The number of hydrogen-bond acceptors (Lipinski definition) is 2. The number of allylic oxidation sites excluding steroid dienone is 1. The van der Waals surface area contributed by atoms with Gasteiger partial charge < -0.3 is 0 Å². The van der Waals surface area contributed by atoms with Gasteiger partial charge in [0.05, 0.1) is 4.90 Å². The molecule has 0 aliphatic heterocycles. The van der Waals surface area contributed by atoms with Crippen LogP contribution in [-0.4, -0.2) is 19.8 Å². The van der Waals surface area contributed by atoms with Gasteiger partial charge in [-0.05, 0) is 36.6 Å². The van der Waals surface area contributed by atoms with Gasteiger partial charge in [-0.2, -0.15) is 13.2 Å². The van der Waals surface area contributed by atoms with E-state index in [1.54, 1.807) is 18.2 Å². The third kappa shape index (κ3) is 4.26. The molecule has 0 saturated carbocycles. The molecule has 0 N–H and O–H groups in total. The van der Waals surface area contributed by atoms with Gasteiger partial charge in [-0.3, -0.25) is 0 Å². The van der Waals surface area contributed by atoms with Crippen LogP contribution in [0.4, 0.5) is 13.2 Å². The van der Waals surface area contributed by atoms with Crippen LogP contribution in [0.1, 0.15) is 17.5 Å². The first-order valence-corrected chi connectivity index (χ1v) is 8.85. The minimum atomic E-state index is -4.84. The first-order valence-electron chi connectivity index (χ1n) is 7.31.